The van der Waals surface area contributed by atoms with Gasteiger partial charge in [0.1, 0.15) is 5.82 Å². The highest BCUT2D eigenvalue weighted by molar-refractivity contribution is 5.23. The van der Waals surface area contributed by atoms with Gasteiger partial charge in [0.05, 0.1) is 18.8 Å². The highest BCUT2D eigenvalue weighted by Gasteiger charge is 2.35. The molecular weight excluding hydrogens is 231 g/mol. The van der Waals surface area contributed by atoms with Crippen LogP contribution in [0.15, 0.2) is 24.3 Å². The highest BCUT2D eigenvalue weighted by Crippen LogP contribution is 2.32. The Morgan fingerprint density at radius 2 is 2.17 bits per heavy atom. The van der Waals surface area contributed by atoms with E-state index in [0.717, 1.165) is 6.54 Å². The van der Waals surface area contributed by atoms with Crippen LogP contribution in [0.1, 0.15) is 25.5 Å². The van der Waals surface area contributed by atoms with Crippen LogP contribution >= 0.6 is 0 Å². The highest BCUT2D eigenvalue weighted by atomic mass is 19.1. The Bertz CT molecular complexity index is 397. The molecule has 0 radical (unpaired) electrons. The molecule has 1 aliphatic rings. The number of hydrogen-bond donors (Lipinski definition) is 1. The van der Waals surface area contributed by atoms with Crippen molar-refractivity contribution in [2.45, 2.75) is 32.0 Å². The number of rotatable bonds is 3. The van der Waals surface area contributed by atoms with Gasteiger partial charge in [0.15, 0.2) is 0 Å². The first-order valence-electron chi connectivity index (χ1n) is 6.47. The molecule has 2 unspecified atom stereocenters. The minimum absolute atomic E-state index is 0.0926. The van der Waals surface area contributed by atoms with Gasteiger partial charge in [-0.1, -0.05) is 18.2 Å². The minimum atomic E-state index is -0.183. The van der Waals surface area contributed by atoms with Crippen molar-refractivity contribution >= 4 is 0 Å². The SMILES string of the molecule is CC(C)N1CCOC(CN)C1c1ccccc1F. The molecule has 1 aromatic carbocycles. The van der Waals surface area contributed by atoms with E-state index in [1.165, 1.54) is 6.07 Å². The van der Waals surface area contributed by atoms with E-state index in [1.807, 2.05) is 12.1 Å². The summed E-state index contributed by atoms with van der Waals surface area (Å²) in [6, 6.07) is 7.14. The van der Waals surface area contributed by atoms with Crippen LogP contribution in [-0.2, 0) is 4.74 Å². The van der Waals surface area contributed by atoms with Gasteiger partial charge in [0.2, 0.25) is 0 Å². The largest absolute Gasteiger partial charge is 0.374 e. The summed E-state index contributed by atoms with van der Waals surface area (Å²) >= 11 is 0. The third kappa shape index (κ3) is 2.55. The summed E-state index contributed by atoms with van der Waals surface area (Å²) in [6.45, 7) is 6.11. The second-order valence-corrected chi connectivity index (χ2v) is 4.94. The predicted molar refractivity (Wildman–Crippen MR) is 69.8 cm³/mol. The molecule has 0 amide bonds. The standard InChI is InChI=1S/C14H21FN2O/c1-10(2)17-7-8-18-13(9-16)14(17)11-5-3-4-6-12(11)15/h3-6,10,13-14H,7-9,16H2,1-2H3. The molecule has 0 aromatic heterocycles. The first kappa shape index (κ1) is 13.5. The second-order valence-electron chi connectivity index (χ2n) is 4.94. The van der Waals surface area contributed by atoms with Gasteiger partial charge >= 0.3 is 0 Å². The average molecular weight is 252 g/mol. The van der Waals surface area contributed by atoms with E-state index in [9.17, 15) is 4.39 Å². The Balaban J connectivity index is 2.37. The summed E-state index contributed by atoms with van der Waals surface area (Å²) in [6.07, 6.45) is -0.141. The van der Waals surface area contributed by atoms with Crippen LogP contribution in [0.3, 0.4) is 0 Å². The molecule has 0 spiro atoms. The van der Waals surface area contributed by atoms with Crippen molar-refractivity contribution in [1.82, 2.24) is 4.90 Å². The van der Waals surface area contributed by atoms with E-state index in [0.29, 0.717) is 24.8 Å². The molecule has 0 saturated carbocycles. The van der Waals surface area contributed by atoms with E-state index in [1.54, 1.807) is 6.07 Å². The first-order valence-corrected chi connectivity index (χ1v) is 6.47. The van der Waals surface area contributed by atoms with Crippen LogP contribution in [0.4, 0.5) is 4.39 Å². The predicted octanol–water partition coefficient (Wildman–Crippen LogP) is 1.93. The summed E-state index contributed by atoms with van der Waals surface area (Å²) in [5.74, 6) is -0.183. The lowest BCUT2D eigenvalue weighted by atomic mass is 9.96. The summed E-state index contributed by atoms with van der Waals surface area (Å²) in [5, 5.41) is 0. The van der Waals surface area contributed by atoms with Gasteiger partial charge in [-0.15, -0.1) is 0 Å². The zero-order valence-corrected chi connectivity index (χ0v) is 11.0. The molecule has 0 aliphatic carbocycles. The Morgan fingerprint density at radius 1 is 1.44 bits per heavy atom. The summed E-state index contributed by atoms with van der Waals surface area (Å²) in [4.78, 5) is 2.26. The van der Waals surface area contributed by atoms with Crippen molar-refractivity contribution in [3.8, 4) is 0 Å². The molecule has 3 nitrogen and oxygen atoms in total. The molecule has 1 fully saturated rings. The van der Waals surface area contributed by atoms with Crippen LogP contribution < -0.4 is 5.73 Å². The smallest absolute Gasteiger partial charge is 0.128 e. The molecule has 1 aromatic rings. The molecule has 2 rings (SSSR count). The zero-order chi connectivity index (χ0) is 13.1. The van der Waals surface area contributed by atoms with Gasteiger partial charge in [-0.25, -0.2) is 4.39 Å². The molecular formula is C14H21FN2O. The van der Waals surface area contributed by atoms with E-state index in [4.69, 9.17) is 10.5 Å². The summed E-state index contributed by atoms with van der Waals surface area (Å²) < 4.78 is 19.7. The third-order valence-electron chi connectivity index (χ3n) is 3.51. The maximum absolute atomic E-state index is 14.0. The normalized spacial score (nSPS) is 25.6. The Kier molecular flexibility index (Phi) is 4.32. The van der Waals surface area contributed by atoms with Gasteiger partial charge in [-0.05, 0) is 19.9 Å². The zero-order valence-electron chi connectivity index (χ0n) is 11.0. The molecule has 2 atom stereocenters. The van der Waals surface area contributed by atoms with Crippen LogP contribution in [0.5, 0.6) is 0 Å². The number of morpholine rings is 1. The molecule has 100 valence electrons. The van der Waals surface area contributed by atoms with Crippen molar-refractivity contribution in [3.05, 3.63) is 35.6 Å². The topological polar surface area (TPSA) is 38.5 Å². The van der Waals surface area contributed by atoms with E-state index >= 15 is 0 Å². The van der Waals surface area contributed by atoms with Crippen LogP contribution in [-0.4, -0.2) is 36.7 Å². The fourth-order valence-electron chi connectivity index (χ4n) is 2.62. The van der Waals surface area contributed by atoms with E-state index in [-0.39, 0.29) is 18.0 Å². The van der Waals surface area contributed by atoms with Crippen LogP contribution in [0.25, 0.3) is 0 Å². The van der Waals surface area contributed by atoms with Crippen molar-refractivity contribution in [1.29, 1.82) is 0 Å². The number of nitrogens with zero attached hydrogens (tertiary/aromatic N) is 1. The molecule has 0 bridgehead atoms. The lowest BCUT2D eigenvalue weighted by Gasteiger charge is -2.43. The molecule has 1 aliphatic heterocycles. The fourth-order valence-corrected chi connectivity index (χ4v) is 2.62. The van der Waals surface area contributed by atoms with E-state index in [2.05, 4.69) is 18.7 Å². The fraction of sp³-hybridized carbons (Fsp3) is 0.571. The summed E-state index contributed by atoms with van der Waals surface area (Å²) in [7, 11) is 0. The third-order valence-corrected chi connectivity index (χ3v) is 3.51. The molecule has 1 heterocycles. The second kappa shape index (κ2) is 5.78. The van der Waals surface area contributed by atoms with Crippen molar-refractivity contribution in [2.75, 3.05) is 19.7 Å². The van der Waals surface area contributed by atoms with Crippen molar-refractivity contribution < 1.29 is 9.13 Å². The lowest BCUT2D eigenvalue weighted by molar-refractivity contribution is -0.0799. The number of ether oxygens (including phenoxy) is 1. The molecule has 1 saturated heterocycles. The number of halogens is 1. The first-order chi connectivity index (χ1) is 8.65. The number of nitrogens with two attached hydrogens (primary N) is 1. The average Bonchev–Trinajstić information content (AvgIpc) is 2.38. The van der Waals surface area contributed by atoms with Crippen molar-refractivity contribution in [2.24, 2.45) is 5.73 Å². The van der Waals surface area contributed by atoms with Gasteiger partial charge in [-0.2, -0.15) is 0 Å². The van der Waals surface area contributed by atoms with Crippen LogP contribution in [0, 0.1) is 5.82 Å². The Labute approximate surface area is 108 Å². The van der Waals surface area contributed by atoms with Gasteiger partial charge in [-0.3, -0.25) is 4.90 Å². The number of hydrogen-bond acceptors (Lipinski definition) is 3. The Hall–Kier alpha value is -0.970. The van der Waals surface area contributed by atoms with Gasteiger partial charge in [0.25, 0.3) is 0 Å². The Morgan fingerprint density at radius 3 is 2.78 bits per heavy atom. The molecule has 4 heteroatoms. The van der Waals surface area contributed by atoms with Crippen molar-refractivity contribution in [3.63, 3.8) is 0 Å². The minimum Gasteiger partial charge on any atom is -0.374 e. The van der Waals surface area contributed by atoms with E-state index < -0.39 is 0 Å². The lowest BCUT2D eigenvalue weighted by Crippen LogP contribution is -2.51. The summed E-state index contributed by atoms with van der Waals surface area (Å²) in [5.41, 5.74) is 6.45. The molecule has 2 N–H and O–H groups in total. The monoisotopic (exact) mass is 252 g/mol. The maximum atomic E-state index is 14.0. The van der Waals surface area contributed by atoms with Crippen LogP contribution in [0.2, 0.25) is 0 Å². The van der Waals surface area contributed by atoms with Gasteiger partial charge < -0.3 is 10.5 Å². The quantitative estimate of drug-likeness (QED) is 0.893. The number of benzene rings is 1. The molecule has 18 heavy (non-hydrogen) atoms. The maximum Gasteiger partial charge on any atom is 0.128 e. The van der Waals surface area contributed by atoms with Gasteiger partial charge in [0, 0.05) is 24.7 Å².